The van der Waals surface area contributed by atoms with Gasteiger partial charge in [0.1, 0.15) is 23.4 Å². The highest BCUT2D eigenvalue weighted by Crippen LogP contribution is 2.35. The van der Waals surface area contributed by atoms with Gasteiger partial charge in [0.25, 0.3) is 0 Å². The molecule has 6 nitrogen and oxygen atoms in total. The van der Waals surface area contributed by atoms with Crippen LogP contribution in [0.25, 0.3) is 0 Å². The van der Waals surface area contributed by atoms with Crippen LogP contribution in [0.3, 0.4) is 0 Å². The normalized spacial score (nSPS) is 15.1. The van der Waals surface area contributed by atoms with E-state index in [1.165, 1.54) is 11.6 Å². The molecule has 0 bridgehead atoms. The summed E-state index contributed by atoms with van der Waals surface area (Å²) in [7, 11) is 5.59. The van der Waals surface area contributed by atoms with Crippen LogP contribution in [0.2, 0.25) is 0 Å². The summed E-state index contributed by atoms with van der Waals surface area (Å²) in [6.45, 7) is 6.32. The maximum Gasteiger partial charge on any atom is 0.191 e. The molecule has 0 saturated carbocycles. The lowest BCUT2D eigenvalue weighted by Gasteiger charge is -2.16. The number of benzene rings is 2. The molecule has 8 heteroatoms. The standard InChI is InChI=1S/C24H33FN4O2.HI/c1-6-30-22-11-18-9-16(2)31-23(18)12-19(22)14-28-24(26-3)27-13-17-7-8-21(25)20(10-17)15-29(4)5;/h7-8,10-12,16H,6,9,13-15H2,1-5H3,(H2,26,27,28);1H. The summed E-state index contributed by atoms with van der Waals surface area (Å²) in [5.74, 6) is 2.27. The van der Waals surface area contributed by atoms with Crippen LogP contribution in [0, 0.1) is 5.82 Å². The maximum atomic E-state index is 14.0. The largest absolute Gasteiger partial charge is 0.494 e. The molecule has 32 heavy (non-hydrogen) atoms. The van der Waals surface area contributed by atoms with E-state index in [1.807, 2.05) is 32.0 Å². The Morgan fingerprint density at radius 1 is 1.19 bits per heavy atom. The third kappa shape index (κ3) is 6.96. The summed E-state index contributed by atoms with van der Waals surface area (Å²) >= 11 is 0. The molecule has 3 rings (SSSR count). The van der Waals surface area contributed by atoms with Crippen molar-refractivity contribution in [2.45, 2.75) is 46.0 Å². The summed E-state index contributed by atoms with van der Waals surface area (Å²) in [5.41, 5.74) is 3.89. The molecule has 0 aliphatic carbocycles. The fraction of sp³-hybridized carbons (Fsp3) is 0.458. The van der Waals surface area contributed by atoms with E-state index in [4.69, 9.17) is 9.47 Å². The highest BCUT2D eigenvalue weighted by Gasteiger charge is 2.22. The SMILES string of the molecule is CCOc1cc2c(cc1CNC(=NC)NCc1ccc(F)c(CN(C)C)c1)OC(C)C2.I. The van der Waals surface area contributed by atoms with E-state index in [0.717, 1.165) is 29.0 Å². The lowest BCUT2D eigenvalue weighted by molar-refractivity contribution is 0.254. The first kappa shape index (κ1) is 26.2. The number of nitrogens with one attached hydrogen (secondary N) is 2. The van der Waals surface area contributed by atoms with Crippen LogP contribution in [-0.4, -0.2) is 44.7 Å². The van der Waals surface area contributed by atoms with Gasteiger partial charge in [0.15, 0.2) is 5.96 Å². The first-order valence-corrected chi connectivity index (χ1v) is 10.7. The summed E-state index contributed by atoms with van der Waals surface area (Å²) in [4.78, 5) is 6.26. The lowest BCUT2D eigenvalue weighted by Crippen LogP contribution is -2.36. The van der Waals surface area contributed by atoms with E-state index >= 15 is 0 Å². The fourth-order valence-corrected chi connectivity index (χ4v) is 3.69. The van der Waals surface area contributed by atoms with E-state index < -0.39 is 0 Å². The highest BCUT2D eigenvalue weighted by atomic mass is 127. The lowest BCUT2D eigenvalue weighted by atomic mass is 10.1. The average Bonchev–Trinajstić information content (AvgIpc) is 3.09. The number of ether oxygens (including phenoxy) is 2. The molecule has 2 N–H and O–H groups in total. The Labute approximate surface area is 207 Å². The Balaban J connectivity index is 0.00000363. The molecule has 1 aliphatic heterocycles. The minimum Gasteiger partial charge on any atom is -0.494 e. The van der Waals surface area contributed by atoms with Gasteiger partial charge >= 0.3 is 0 Å². The van der Waals surface area contributed by atoms with Crippen molar-refractivity contribution in [2.24, 2.45) is 4.99 Å². The molecule has 2 aromatic carbocycles. The van der Waals surface area contributed by atoms with Crippen molar-refractivity contribution in [1.29, 1.82) is 0 Å². The number of nitrogens with zero attached hydrogens (tertiary/aromatic N) is 2. The highest BCUT2D eigenvalue weighted by molar-refractivity contribution is 14.0. The first-order chi connectivity index (χ1) is 14.9. The van der Waals surface area contributed by atoms with Crippen LogP contribution >= 0.6 is 24.0 Å². The van der Waals surface area contributed by atoms with Gasteiger partial charge in [0.2, 0.25) is 0 Å². The minimum absolute atomic E-state index is 0. The van der Waals surface area contributed by atoms with E-state index in [9.17, 15) is 4.39 Å². The molecule has 0 spiro atoms. The summed E-state index contributed by atoms with van der Waals surface area (Å²) in [6.07, 6.45) is 1.09. The third-order valence-corrected chi connectivity index (χ3v) is 5.11. The average molecular weight is 556 g/mol. The molecule has 0 aromatic heterocycles. The van der Waals surface area contributed by atoms with Gasteiger partial charge in [-0.2, -0.15) is 0 Å². The minimum atomic E-state index is -0.184. The van der Waals surface area contributed by atoms with Gasteiger partial charge in [0, 0.05) is 49.8 Å². The van der Waals surface area contributed by atoms with E-state index in [-0.39, 0.29) is 35.9 Å². The Morgan fingerprint density at radius 3 is 2.62 bits per heavy atom. The number of fused-ring (bicyclic) bond motifs is 1. The van der Waals surface area contributed by atoms with E-state index in [2.05, 4.69) is 34.7 Å². The molecule has 0 fully saturated rings. The zero-order valence-corrected chi connectivity index (χ0v) is 21.8. The monoisotopic (exact) mass is 556 g/mol. The number of aliphatic imine (C=N–C) groups is 1. The van der Waals surface area contributed by atoms with Crippen molar-refractivity contribution in [3.05, 3.63) is 58.4 Å². The predicted molar refractivity (Wildman–Crippen MR) is 138 cm³/mol. The van der Waals surface area contributed by atoms with Gasteiger partial charge in [-0.3, -0.25) is 4.99 Å². The van der Waals surface area contributed by atoms with Crippen LogP contribution in [0.15, 0.2) is 35.3 Å². The number of guanidine groups is 1. The Morgan fingerprint density at radius 2 is 1.94 bits per heavy atom. The zero-order chi connectivity index (χ0) is 22.4. The quantitative estimate of drug-likeness (QED) is 0.292. The molecule has 176 valence electrons. The van der Waals surface area contributed by atoms with Crippen LogP contribution in [0.1, 0.15) is 36.1 Å². The Hall–Kier alpha value is -2.07. The van der Waals surface area contributed by atoms with Crippen LogP contribution in [0.4, 0.5) is 4.39 Å². The first-order valence-electron chi connectivity index (χ1n) is 10.7. The summed E-state index contributed by atoms with van der Waals surface area (Å²) in [5, 5.41) is 6.63. The molecule has 2 aromatic rings. The molecule has 1 aliphatic rings. The predicted octanol–water partition coefficient (Wildman–Crippen LogP) is 4.09. The van der Waals surface area contributed by atoms with Crippen molar-refractivity contribution in [3.63, 3.8) is 0 Å². The molecule has 1 atom stereocenters. The summed E-state index contributed by atoms with van der Waals surface area (Å²) in [6, 6.07) is 9.34. The second-order valence-corrected chi connectivity index (χ2v) is 8.08. The third-order valence-electron chi connectivity index (χ3n) is 5.11. The van der Waals surface area contributed by atoms with Crippen molar-refractivity contribution in [2.75, 3.05) is 27.7 Å². The van der Waals surface area contributed by atoms with Crippen LogP contribution in [-0.2, 0) is 26.1 Å². The second-order valence-electron chi connectivity index (χ2n) is 8.08. The van der Waals surface area contributed by atoms with Gasteiger partial charge in [-0.1, -0.05) is 6.07 Å². The molecule has 1 unspecified atom stereocenters. The molecular formula is C24H34FIN4O2. The van der Waals surface area contributed by atoms with Crippen molar-refractivity contribution in [1.82, 2.24) is 15.5 Å². The molecule has 0 saturated heterocycles. The summed E-state index contributed by atoms with van der Waals surface area (Å²) < 4.78 is 25.8. The fourth-order valence-electron chi connectivity index (χ4n) is 3.69. The van der Waals surface area contributed by atoms with Crippen molar-refractivity contribution >= 4 is 29.9 Å². The Bertz CT molecular complexity index is 936. The zero-order valence-electron chi connectivity index (χ0n) is 19.5. The topological polar surface area (TPSA) is 58.1 Å². The van der Waals surface area contributed by atoms with E-state index in [0.29, 0.717) is 37.8 Å². The van der Waals surface area contributed by atoms with Gasteiger partial charge < -0.3 is 25.0 Å². The number of hydrogen-bond donors (Lipinski definition) is 2. The number of halogens is 2. The van der Waals surface area contributed by atoms with Gasteiger partial charge in [-0.05, 0) is 57.8 Å². The molecule has 0 radical (unpaired) electrons. The van der Waals surface area contributed by atoms with E-state index in [1.54, 1.807) is 13.1 Å². The second kappa shape index (κ2) is 12.2. The molecule has 1 heterocycles. The smallest absolute Gasteiger partial charge is 0.191 e. The van der Waals surface area contributed by atoms with Crippen LogP contribution < -0.4 is 20.1 Å². The Kier molecular flexibility index (Phi) is 10.0. The van der Waals surface area contributed by atoms with Crippen molar-refractivity contribution in [3.8, 4) is 11.5 Å². The molecule has 0 amide bonds. The van der Waals surface area contributed by atoms with Crippen LogP contribution in [0.5, 0.6) is 11.5 Å². The van der Waals surface area contributed by atoms with Gasteiger partial charge in [0.05, 0.1) is 6.61 Å². The number of rotatable bonds is 8. The molecular weight excluding hydrogens is 522 g/mol. The maximum absolute atomic E-state index is 14.0. The van der Waals surface area contributed by atoms with Gasteiger partial charge in [-0.15, -0.1) is 24.0 Å². The number of hydrogen-bond acceptors (Lipinski definition) is 4. The van der Waals surface area contributed by atoms with Crippen molar-refractivity contribution < 1.29 is 13.9 Å². The van der Waals surface area contributed by atoms with Gasteiger partial charge in [-0.25, -0.2) is 4.39 Å².